The first kappa shape index (κ1) is 27.8. The zero-order valence-electron chi connectivity index (χ0n) is 24.7. The van der Waals surface area contributed by atoms with E-state index in [0.29, 0.717) is 18.0 Å². The van der Waals surface area contributed by atoms with Crippen LogP contribution in [-0.4, -0.2) is 58.2 Å². The summed E-state index contributed by atoms with van der Waals surface area (Å²) in [5.41, 5.74) is 7.63. The van der Waals surface area contributed by atoms with E-state index in [1.807, 2.05) is 61.5 Å². The van der Waals surface area contributed by atoms with Gasteiger partial charge >= 0.3 is 0 Å². The molecule has 3 heterocycles. The zero-order valence-corrected chi connectivity index (χ0v) is 24.7. The minimum Gasteiger partial charge on any atom is -0.492 e. The highest BCUT2D eigenvalue weighted by atomic mass is 19.1. The SMILES string of the molecule is CN(C)CCOc1cc(F)cc(-c2cccc3[nH]c(-c4n[nH]c5ccc(-c6cncc(NC(=O)C7CCC7)c6)cc45)cc23)c1. The number of amides is 1. The third kappa shape index (κ3) is 5.54. The summed E-state index contributed by atoms with van der Waals surface area (Å²) in [7, 11) is 3.95. The number of nitrogens with zero attached hydrogens (tertiary/aromatic N) is 3. The lowest BCUT2D eigenvalue weighted by atomic mass is 9.85. The summed E-state index contributed by atoms with van der Waals surface area (Å²) < 4.78 is 20.5. The number of benzene rings is 3. The third-order valence-electron chi connectivity index (χ3n) is 8.29. The lowest BCUT2D eigenvalue weighted by Crippen LogP contribution is -2.28. The maximum Gasteiger partial charge on any atom is 0.227 e. The molecule has 1 saturated carbocycles. The van der Waals surface area contributed by atoms with Crippen LogP contribution in [0, 0.1) is 11.7 Å². The van der Waals surface area contributed by atoms with Crippen LogP contribution in [0.15, 0.2) is 79.1 Å². The van der Waals surface area contributed by atoms with E-state index < -0.39 is 0 Å². The van der Waals surface area contributed by atoms with Crippen LogP contribution in [0.5, 0.6) is 5.75 Å². The van der Waals surface area contributed by atoms with Gasteiger partial charge in [-0.05, 0) is 86.1 Å². The van der Waals surface area contributed by atoms with Crippen molar-refractivity contribution < 1.29 is 13.9 Å². The van der Waals surface area contributed by atoms with Crippen molar-refractivity contribution in [2.45, 2.75) is 19.3 Å². The van der Waals surface area contributed by atoms with Gasteiger partial charge in [-0.1, -0.05) is 24.6 Å². The maximum atomic E-state index is 14.7. The summed E-state index contributed by atoms with van der Waals surface area (Å²) in [6.07, 6.45) is 6.49. The number of likely N-dealkylation sites (N-methyl/N-ethyl adjacent to an activating group) is 1. The molecule has 1 amide bonds. The van der Waals surface area contributed by atoms with E-state index in [-0.39, 0.29) is 17.6 Å². The highest BCUT2D eigenvalue weighted by Gasteiger charge is 2.25. The quantitative estimate of drug-likeness (QED) is 0.165. The van der Waals surface area contributed by atoms with Crippen LogP contribution in [0.25, 0.3) is 55.4 Å². The van der Waals surface area contributed by atoms with Gasteiger partial charge in [-0.3, -0.25) is 14.9 Å². The topological polar surface area (TPSA) is 98.9 Å². The number of fused-ring (bicyclic) bond motifs is 2. The lowest BCUT2D eigenvalue weighted by molar-refractivity contribution is -0.122. The van der Waals surface area contributed by atoms with Gasteiger partial charge in [0.1, 0.15) is 23.9 Å². The van der Waals surface area contributed by atoms with Gasteiger partial charge in [0.05, 0.1) is 23.1 Å². The van der Waals surface area contributed by atoms with Gasteiger partial charge in [-0.25, -0.2) is 4.39 Å². The Hall–Kier alpha value is -5.02. The van der Waals surface area contributed by atoms with Gasteiger partial charge in [0.25, 0.3) is 0 Å². The molecule has 8 nitrogen and oxygen atoms in total. The lowest BCUT2D eigenvalue weighted by Gasteiger charge is -2.24. The second kappa shape index (κ2) is 11.6. The zero-order chi connectivity index (χ0) is 30.2. The molecule has 0 aliphatic heterocycles. The first-order valence-electron chi connectivity index (χ1n) is 14.9. The highest BCUT2D eigenvalue weighted by Crippen LogP contribution is 2.37. The molecule has 6 aromatic rings. The van der Waals surface area contributed by atoms with Crippen LogP contribution in [0.4, 0.5) is 10.1 Å². The molecule has 44 heavy (non-hydrogen) atoms. The van der Waals surface area contributed by atoms with Crippen molar-refractivity contribution in [2.24, 2.45) is 5.92 Å². The van der Waals surface area contributed by atoms with Crippen LogP contribution in [0.3, 0.4) is 0 Å². The van der Waals surface area contributed by atoms with Crippen LogP contribution >= 0.6 is 0 Å². The number of carbonyl (C=O) groups excluding carboxylic acids is 1. The average molecular weight is 589 g/mol. The summed E-state index contributed by atoms with van der Waals surface area (Å²) in [6, 6.07) is 20.9. The second-order valence-corrected chi connectivity index (χ2v) is 11.7. The Bertz CT molecular complexity index is 1990. The average Bonchev–Trinajstić information content (AvgIpc) is 3.59. The second-order valence-electron chi connectivity index (χ2n) is 11.7. The summed E-state index contributed by atoms with van der Waals surface area (Å²) in [5.74, 6) is 0.320. The van der Waals surface area contributed by atoms with Gasteiger partial charge in [0, 0.05) is 46.6 Å². The normalized spacial score (nSPS) is 13.5. The molecule has 0 saturated heterocycles. The number of aromatic amines is 2. The molecular weight excluding hydrogens is 555 g/mol. The number of halogens is 1. The number of pyridine rings is 1. The molecule has 3 aromatic heterocycles. The van der Waals surface area contributed by atoms with Crippen molar-refractivity contribution in [3.05, 3.63) is 84.9 Å². The monoisotopic (exact) mass is 588 g/mol. The molecule has 9 heteroatoms. The number of hydrogen-bond acceptors (Lipinski definition) is 5. The van der Waals surface area contributed by atoms with E-state index >= 15 is 0 Å². The van der Waals surface area contributed by atoms with Gasteiger partial charge in [0.15, 0.2) is 0 Å². The molecular formula is C35H33FN6O2. The van der Waals surface area contributed by atoms with Crippen molar-refractivity contribution >= 4 is 33.4 Å². The Morgan fingerprint density at radius 3 is 2.68 bits per heavy atom. The molecule has 7 rings (SSSR count). The van der Waals surface area contributed by atoms with E-state index in [1.165, 1.54) is 12.1 Å². The van der Waals surface area contributed by atoms with E-state index in [2.05, 4.69) is 37.6 Å². The fourth-order valence-corrected chi connectivity index (χ4v) is 5.66. The van der Waals surface area contributed by atoms with Gasteiger partial charge < -0.3 is 19.9 Å². The van der Waals surface area contributed by atoms with Gasteiger partial charge in [0.2, 0.25) is 5.91 Å². The van der Waals surface area contributed by atoms with Gasteiger partial charge in [-0.2, -0.15) is 5.10 Å². The molecule has 0 bridgehead atoms. The Kier molecular flexibility index (Phi) is 7.31. The number of ether oxygens (including phenoxy) is 1. The number of carbonyl (C=O) groups is 1. The number of aromatic nitrogens is 4. The molecule has 222 valence electrons. The molecule has 0 radical (unpaired) electrons. The summed E-state index contributed by atoms with van der Waals surface area (Å²) in [6.45, 7) is 1.21. The molecule has 1 aliphatic rings. The minimum absolute atomic E-state index is 0.0623. The molecule has 1 aliphatic carbocycles. The number of H-pyrrole nitrogens is 2. The van der Waals surface area contributed by atoms with Crippen LogP contribution < -0.4 is 10.1 Å². The smallest absolute Gasteiger partial charge is 0.227 e. The first-order chi connectivity index (χ1) is 21.4. The predicted molar refractivity (Wildman–Crippen MR) is 172 cm³/mol. The first-order valence-corrected chi connectivity index (χ1v) is 14.9. The molecule has 0 atom stereocenters. The fourth-order valence-electron chi connectivity index (χ4n) is 5.66. The van der Waals surface area contributed by atoms with Crippen LogP contribution in [0.1, 0.15) is 19.3 Å². The van der Waals surface area contributed by atoms with Crippen LogP contribution in [-0.2, 0) is 4.79 Å². The van der Waals surface area contributed by atoms with E-state index in [1.54, 1.807) is 12.4 Å². The van der Waals surface area contributed by atoms with E-state index in [0.717, 1.165) is 81.3 Å². The number of nitrogens with one attached hydrogen (secondary N) is 3. The largest absolute Gasteiger partial charge is 0.492 e. The summed E-state index contributed by atoms with van der Waals surface area (Å²) >= 11 is 0. The molecule has 0 spiro atoms. The van der Waals surface area contributed by atoms with Crippen molar-refractivity contribution in [1.29, 1.82) is 0 Å². The highest BCUT2D eigenvalue weighted by molar-refractivity contribution is 6.02. The van der Waals surface area contributed by atoms with Crippen molar-refractivity contribution in [3.8, 4) is 39.4 Å². The van der Waals surface area contributed by atoms with Crippen molar-refractivity contribution in [2.75, 3.05) is 32.6 Å². The van der Waals surface area contributed by atoms with Crippen molar-refractivity contribution in [1.82, 2.24) is 25.1 Å². The number of rotatable bonds is 9. The molecule has 3 aromatic carbocycles. The predicted octanol–water partition coefficient (Wildman–Crippen LogP) is 7.26. The molecule has 1 fully saturated rings. The van der Waals surface area contributed by atoms with E-state index in [9.17, 15) is 9.18 Å². The Balaban J connectivity index is 1.21. The molecule has 0 unspecified atom stereocenters. The van der Waals surface area contributed by atoms with Crippen molar-refractivity contribution in [3.63, 3.8) is 0 Å². The third-order valence-corrected chi connectivity index (χ3v) is 8.29. The summed E-state index contributed by atoms with van der Waals surface area (Å²) in [5, 5.41) is 12.7. The Labute approximate surface area is 254 Å². The Morgan fingerprint density at radius 2 is 1.86 bits per heavy atom. The fraction of sp³-hybridized carbons (Fsp3) is 0.229. The number of anilines is 1. The standard InChI is InChI=1S/C35H33FN6O2/c1-42(2)11-12-44-27-15-23(13-25(36)17-27)28-7-4-8-31-29(28)18-33(39-31)34-30-16-22(9-10-32(30)40-41-34)24-14-26(20-37-19-24)38-35(43)21-5-3-6-21/h4,7-10,13-21,39H,3,5-6,11-12H2,1-2H3,(H,38,43)(H,40,41). The van der Waals surface area contributed by atoms with Crippen LogP contribution in [0.2, 0.25) is 0 Å². The minimum atomic E-state index is -0.345. The van der Waals surface area contributed by atoms with Gasteiger partial charge in [-0.15, -0.1) is 0 Å². The summed E-state index contributed by atoms with van der Waals surface area (Å²) in [4.78, 5) is 22.4. The number of hydrogen-bond donors (Lipinski definition) is 3. The Morgan fingerprint density at radius 1 is 0.977 bits per heavy atom. The van der Waals surface area contributed by atoms with E-state index in [4.69, 9.17) is 4.74 Å². The maximum absolute atomic E-state index is 14.7. The molecule has 3 N–H and O–H groups in total.